The number of hydrogen-bond donors (Lipinski definition) is 2. The Bertz CT molecular complexity index is 558. The normalized spacial score (nSPS) is 27.8. The molecule has 18 heavy (non-hydrogen) atoms. The molecule has 3 rings (SSSR count). The van der Waals surface area contributed by atoms with Crippen molar-refractivity contribution < 1.29 is 14.3 Å². The monoisotopic (exact) mass is 311 g/mol. The molecule has 1 aliphatic heterocycles. The lowest BCUT2D eigenvalue weighted by Gasteiger charge is -2.18. The van der Waals surface area contributed by atoms with E-state index in [9.17, 15) is 9.18 Å². The third-order valence-corrected chi connectivity index (χ3v) is 4.21. The summed E-state index contributed by atoms with van der Waals surface area (Å²) < 4.78 is 14.1. The van der Waals surface area contributed by atoms with Gasteiger partial charge in [-0.25, -0.2) is 4.39 Å². The smallest absolute Gasteiger partial charge is 0.304 e. The number of halogens is 2. The maximum Gasteiger partial charge on any atom is 0.304 e. The van der Waals surface area contributed by atoms with Crippen molar-refractivity contribution in [3.63, 3.8) is 0 Å². The van der Waals surface area contributed by atoms with Crippen LogP contribution in [0.5, 0.6) is 0 Å². The lowest BCUT2D eigenvalue weighted by molar-refractivity contribution is -0.137. The highest BCUT2D eigenvalue weighted by Crippen LogP contribution is 2.47. The first-order chi connectivity index (χ1) is 8.56. The Morgan fingerprint density at radius 2 is 2.22 bits per heavy atom. The van der Waals surface area contributed by atoms with Crippen molar-refractivity contribution in [2.75, 3.05) is 5.32 Å². The average molecular weight is 312 g/mol. The van der Waals surface area contributed by atoms with E-state index in [2.05, 4.69) is 21.2 Å². The van der Waals surface area contributed by atoms with Gasteiger partial charge in [-0.2, -0.15) is 0 Å². The van der Waals surface area contributed by atoms with Crippen molar-refractivity contribution in [3.05, 3.63) is 40.1 Å². The van der Waals surface area contributed by atoms with Crippen molar-refractivity contribution >= 4 is 27.6 Å². The van der Waals surface area contributed by atoms with Gasteiger partial charge in [-0.3, -0.25) is 4.79 Å². The van der Waals surface area contributed by atoms with Crippen molar-refractivity contribution in [2.45, 2.75) is 18.4 Å². The van der Waals surface area contributed by atoms with E-state index in [0.717, 1.165) is 11.3 Å². The van der Waals surface area contributed by atoms with E-state index >= 15 is 0 Å². The van der Waals surface area contributed by atoms with E-state index in [1.54, 1.807) is 0 Å². The number of aliphatic carboxylic acids is 1. The number of nitrogens with one attached hydrogen (secondary N) is 1. The van der Waals surface area contributed by atoms with Crippen molar-refractivity contribution in [1.29, 1.82) is 0 Å². The largest absolute Gasteiger partial charge is 0.481 e. The topological polar surface area (TPSA) is 49.3 Å². The zero-order valence-corrected chi connectivity index (χ0v) is 10.9. The van der Waals surface area contributed by atoms with Gasteiger partial charge in [-0.05, 0) is 33.6 Å². The first-order valence-electron chi connectivity index (χ1n) is 5.72. The zero-order chi connectivity index (χ0) is 12.9. The number of fused-ring (bicyclic) bond motifs is 3. The van der Waals surface area contributed by atoms with Gasteiger partial charge in [0.25, 0.3) is 0 Å². The van der Waals surface area contributed by atoms with Crippen LogP contribution in [0.3, 0.4) is 0 Å². The molecule has 0 radical (unpaired) electrons. The molecule has 5 heteroatoms. The summed E-state index contributed by atoms with van der Waals surface area (Å²) in [4.78, 5) is 10.8. The fraction of sp³-hybridized carbons (Fsp3) is 0.308. The molecule has 0 bridgehead atoms. The summed E-state index contributed by atoms with van der Waals surface area (Å²) in [5, 5.41) is 12.2. The summed E-state index contributed by atoms with van der Waals surface area (Å²) in [5.41, 5.74) is 1.78. The van der Waals surface area contributed by atoms with E-state index < -0.39 is 5.97 Å². The Morgan fingerprint density at radius 1 is 1.44 bits per heavy atom. The van der Waals surface area contributed by atoms with Crippen LogP contribution in [0.1, 0.15) is 17.9 Å². The Kier molecular flexibility index (Phi) is 2.66. The molecular formula is C13H11BrFNO2. The molecule has 1 aromatic rings. The molecule has 0 spiro atoms. The number of benzene rings is 1. The Morgan fingerprint density at radius 3 is 2.94 bits per heavy atom. The first kappa shape index (κ1) is 11.7. The fourth-order valence-corrected chi connectivity index (χ4v) is 3.40. The number of carbonyl (C=O) groups is 1. The lowest BCUT2D eigenvalue weighted by atomic mass is 9.92. The van der Waals surface area contributed by atoms with E-state index in [1.165, 1.54) is 12.1 Å². The summed E-state index contributed by atoms with van der Waals surface area (Å²) in [6, 6.07) is 2.96. The summed E-state index contributed by atoms with van der Waals surface area (Å²) in [5.74, 6) is -1.07. The molecule has 0 saturated carbocycles. The fourth-order valence-electron chi connectivity index (χ4n) is 2.83. The molecule has 0 fully saturated rings. The molecule has 0 aromatic heterocycles. The second-order valence-electron chi connectivity index (χ2n) is 4.69. The first-order valence-corrected chi connectivity index (χ1v) is 6.51. The summed E-state index contributed by atoms with van der Waals surface area (Å²) in [6.07, 6.45) is 3.99. The van der Waals surface area contributed by atoms with Crippen LogP contribution < -0.4 is 5.32 Å². The SMILES string of the molecule is O=C(O)C[C@H]1C=C[C@H]2c3cc(F)cc(Br)c3N[C@@H]12. The van der Waals surface area contributed by atoms with Gasteiger partial charge >= 0.3 is 5.97 Å². The number of rotatable bonds is 2. The number of carboxylic acids is 1. The highest BCUT2D eigenvalue weighted by Gasteiger charge is 2.40. The minimum Gasteiger partial charge on any atom is -0.481 e. The maximum absolute atomic E-state index is 13.4. The van der Waals surface area contributed by atoms with Crippen LogP contribution in [0, 0.1) is 11.7 Å². The molecule has 3 atom stereocenters. The van der Waals surface area contributed by atoms with Gasteiger partial charge in [0.1, 0.15) is 5.82 Å². The quantitative estimate of drug-likeness (QED) is 0.825. The van der Waals surface area contributed by atoms with Crippen molar-refractivity contribution in [1.82, 2.24) is 0 Å². The highest BCUT2D eigenvalue weighted by molar-refractivity contribution is 9.10. The molecule has 1 aliphatic carbocycles. The van der Waals surface area contributed by atoms with Crippen LogP contribution in [-0.2, 0) is 4.79 Å². The highest BCUT2D eigenvalue weighted by atomic mass is 79.9. The van der Waals surface area contributed by atoms with Gasteiger partial charge in [0.15, 0.2) is 0 Å². The average Bonchev–Trinajstić information content (AvgIpc) is 2.79. The number of anilines is 1. The van der Waals surface area contributed by atoms with Crippen molar-refractivity contribution in [3.8, 4) is 0 Å². The van der Waals surface area contributed by atoms with Crippen LogP contribution in [0.25, 0.3) is 0 Å². The number of hydrogen-bond acceptors (Lipinski definition) is 2. The van der Waals surface area contributed by atoms with Gasteiger partial charge in [0, 0.05) is 22.4 Å². The van der Waals surface area contributed by atoms with E-state index in [-0.39, 0.29) is 30.1 Å². The van der Waals surface area contributed by atoms with E-state index in [0.29, 0.717) is 4.47 Å². The second-order valence-corrected chi connectivity index (χ2v) is 5.55. The predicted octanol–water partition coefficient (Wildman–Crippen LogP) is 3.13. The minimum absolute atomic E-state index is 0.0224. The molecule has 1 aromatic carbocycles. The Hall–Kier alpha value is -1.36. The molecule has 1 heterocycles. The van der Waals surface area contributed by atoms with E-state index in [1.807, 2.05) is 12.2 Å². The van der Waals surface area contributed by atoms with Crippen molar-refractivity contribution in [2.24, 2.45) is 5.92 Å². The lowest BCUT2D eigenvalue weighted by Crippen LogP contribution is -2.26. The molecule has 2 N–H and O–H groups in total. The zero-order valence-electron chi connectivity index (χ0n) is 9.36. The van der Waals surface area contributed by atoms with E-state index in [4.69, 9.17) is 5.11 Å². The molecule has 2 aliphatic rings. The van der Waals surface area contributed by atoms with Crippen LogP contribution >= 0.6 is 15.9 Å². The van der Waals surface area contributed by atoms with Crippen LogP contribution in [0.2, 0.25) is 0 Å². The number of carboxylic acid groups (broad SMARTS) is 1. The van der Waals surface area contributed by atoms with Gasteiger partial charge in [0.2, 0.25) is 0 Å². The van der Waals surface area contributed by atoms with Crippen LogP contribution in [0.15, 0.2) is 28.8 Å². The maximum atomic E-state index is 13.4. The van der Waals surface area contributed by atoms with Gasteiger partial charge in [-0.15, -0.1) is 0 Å². The Balaban J connectivity index is 1.95. The second kappa shape index (κ2) is 4.09. The third kappa shape index (κ3) is 1.73. The Labute approximate surface area is 112 Å². The van der Waals surface area contributed by atoms with Gasteiger partial charge in [-0.1, -0.05) is 12.2 Å². The molecule has 3 nitrogen and oxygen atoms in total. The van der Waals surface area contributed by atoms with Gasteiger partial charge < -0.3 is 10.4 Å². The minimum atomic E-state index is -0.812. The molecule has 0 saturated heterocycles. The molecule has 0 amide bonds. The standard InChI is InChI=1S/C13H11BrFNO2/c14-10-5-7(15)4-9-8-2-1-6(3-11(17)18)12(8)16-13(9)10/h1-2,4-6,8,12,16H,3H2,(H,17,18)/t6-,8+,12+/m1/s1. The molecular weight excluding hydrogens is 301 g/mol. The summed E-state index contributed by atoms with van der Waals surface area (Å²) in [6.45, 7) is 0. The van der Waals surface area contributed by atoms with Crippen LogP contribution in [0.4, 0.5) is 10.1 Å². The molecule has 94 valence electrons. The van der Waals surface area contributed by atoms with Crippen LogP contribution in [-0.4, -0.2) is 17.1 Å². The summed E-state index contributed by atoms with van der Waals surface area (Å²) >= 11 is 3.33. The van der Waals surface area contributed by atoms with Gasteiger partial charge in [0.05, 0.1) is 12.1 Å². The predicted molar refractivity (Wildman–Crippen MR) is 69.1 cm³/mol. The third-order valence-electron chi connectivity index (χ3n) is 3.58. The summed E-state index contributed by atoms with van der Waals surface area (Å²) in [7, 11) is 0. The molecule has 0 unspecified atom stereocenters.